The SMILES string of the molecule is Cc1c(NC(=O)C2CCN(c3cnccn3)CC2)cccc1C(=O)N1CCCC1. The summed E-state index contributed by atoms with van der Waals surface area (Å²) in [5.74, 6) is 0.904. The van der Waals surface area contributed by atoms with Gasteiger partial charge in [0.15, 0.2) is 0 Å². The molecule has 7 heteroatoms. The third kappa shape index (κ3) is 4.23. The highest BCUT2D eigenvalue weighted by Gasteiger charge is 2.27. The molecule has 2 amide bonds. The van der Waals surface area contributed by atoms with Gasteiger partial charge in [0.2, 0.25) is 5.91 Å². The normalized spacial score (nSPS) is 17.4. The molecule has 0 atom stereocenters. The number of rotatable bonds is 4. The van der Waals surface area contributed by atoms with Crippen LogP contribution in [-0.4, -0.2) is 52.9 Å². The zero-order chi connectivity index (χ0) is 20.2. The molecule has 0 spiro atoms. The molecule has 1 N–H and O–H groups in total. The fourth-order valence-corrected chi connectivity index (χ4v) is 4.15. The highest BCUT2D eigenvalue weighted by Crippen LogP contribution is 2.26. The first kappa shape index (κ1) is 19.4. The van der Waals surface area contributed by atoms with Gasteiger partial charge in [0, 0.05) is 55.7 Å². The molecule has 2 aliphatic heterocycles. The lowest BCUT2D eigenvalue weighted by Gasteiger charge is -2.32. The molecule has 3 heterocycles. The molecule has 0 aliphatic carbocycles. The Morgan fingerprint density at radius 2 is 1.83 bits per heavy atom. The Kier molecular flexibility index (Phi) is 5.74. The number of hydrogen-bond donors (Lipinski definition) is 1. The second-order valence-electron chi connectivity index (χ2n) is 7.79. The number of likely N-dealkylation sites (tertiary alicyclic amines) is 1. The number of carbonyl (C=O) groups is 2. The third-order valence-corrected chi connectivity index (χ3v) is 5.95. The summed E-state index contributed by atoms with van der Waals surface area (Å²) in [7, 11) is 0. The van der Waals surface area contributed by atoms with Crippen LogP contribution in [0.3, 0.4) is 0 Å². The predicted octanol–water partition coefficient (Wildman–Crippen LogP) is 2.88. The van der Waals surface area contributed by atoms with E-state index >= 15 is 0 Å². The van der Waals surface area contributed by atoms with Gasteiger partial charge in [-0.2, -0.15) is 0 Å². The lowest BCUT2D eigenvalue weighted by Crippen LogP contribution is -2.38. The van der Waals surface area contributed by atoms with Crippen LogP contribution < -0.4 is 10.2 Å². The van der Waals surface area contributed by atoms with Gasteiger partial charge >= 0.3 is 0 Å². The Balaban J connectivity index is 1.39. The van der Waals surface area contributed by atoms with Crippen molar-refractivity contribution in [2.45, 2.75) is 32.6 Å². The first-order chi connectivity index (χ1) is 14.1. The minimum absolute atomic E-state index is 0.0256. The van der Waals surface area contributed by atoms with E-state index in [0.29, 0.717) is 5.56 Å². The van der Waals surface area contributed by atoms with Crippen molar-refractivity contribution in [1.29, 1.82) is 0 Å². The van der Waals surface area contributed by atoms with Crippen LogP contribution in [0.2, 0.25) is 0 Å². The van der Waals surface area contributed by atoms with E-state index in [1.54, 1.807) is 18.6 Å². The van der Waals surface area contributed by atoms with Crippen LogP contribution >= 0.6 is 0 Å². The van der Waals surface area contributed by atoms with Crippen LogP contribution in [0.15, 0.2) is 36.8 Å². The van der Waals surface area contributed by atoms with Crippen molar-refractivity contribution in [2.75, 3.05) is 36.4 Å². The zero-order valence-corrected chi connectivity index (χ0v) is 16.8. The summed E-state index contributed by atoms with van der Waals surface area (Å²) in [4.78, 5) is 38.1. The number of amides is 2. The number of anilines is 2. The van der Waals surface area contributed by atoms with Crippen LogP contribution in [0.1, 0.15) is 41.6 Å². The predicted molar refractivity (Wildman–Crippen MR) is 112 cm³/mol. The number of nitrogens with zero attached hydrogens (tertiary/aromatic N) is 4. The number of hydrogen-bond acceptors (Lipinski definition) is 5. The molecule has 2 fully saturated rings. The summed E-state index contributed by atoms with van der Waals surface area (Å²) >= 11 is 0. The Labute approximate surface area is 171 Å². The van der Waals surface area contributed by atoms with Gasteiger partial charge in [-0.05, 0) is 50.3 Å². The minimum Gasteiger partial charge on any atom is -0.355 e. The van der Waals surface area contributed by atoms with Gasteiger partial charge in [0.05, 0.1) is 6.20 Å². The van der Waals surface area contributed by atoms with E-state index in [-0.39, 0.29) is 17.7 Å². The van der Waals surface area contributed by atoms with Crippen LogP contribution in [0.25, 0.3) is 0 Å². The van der Waals surface area contributed by atoms with Crippen molar-refractivity contribution >= 4 is 23.3 Å². The molecular weight excluding hydrogens is 366 g/mol. The molecule has 7 nitrogen and oxygen atoms in total. The number of piperidine rings is 1. The number of carbonyl (C=O) groups excluding carboxylic acids is 2. The van der Waals surface area contributed by atoms with Crippen LogP contribution in [0.4, 0.5) is 11.5 Å². The summed E-state index contributed by atoms with van der Waals surface area (Å²) in [6.45, 7) is 5.11. The molecule has 0 saturated carbocycles. The molecule has 152 valence electrons. The Morgan fingerprint density at radius 3 is 2.52 bits per heavy atom. The van der Waals surface area contributed by atoms with E-state index in [4.69, 9.17) is 0 Å². The fraction of sp³-hybridized carbons (Fsp3) is 0.455. The van der Waals surface area contributed by atoms with Gasteiger partial charge in [-0.1, -0.05) is 6.07 Å². The quantitative estimate of drug-likeness (QED) is 0.864. The van der Waals surface area contributed by atoms with E-state index < -0.39 is 0 Å². The molecular formula is C22H27N5O2. The van der Waals surface area contributed by atoms with Gasteiger partial charge in [0.25, 0.3) is 5.91 Å². The monoisotopic (exact) mass is 393 g/mol. The lowest BCUT2D eigenvalue weighted by atomic mass is 9.95. The topological polar surface area (TPSA) is 78.4 Å². The first-order valence-corrected chi connectivity index (χ1v) is 10.3. The van der Waals surface area contributed by atoms with E-state index in [1.165, 1.54) is 0 Å². The van der Waals surface area contributed by atoms with Crippen LogP contribution in [0.5, 0.6) is 0 Å². The molecule has 1 aromatic carbocycles. The molecule has 2 aromatic rings. The van der Waals surface area contributed by atoms with Crippen LogP contribution in [-0.2, 0) is 4.79 Å². The van der Waals surface area contributed by atoms with Gasteiger partial charge in [-0.15, -0.1) is 0 Å². The van der Waals surface area contributed by atoms with Crippen LogP contribution in [0, 0.1) is 12.8 Å². The first-order valence-electron chi connectivity index (χ1n) is 10.3. The molecule has 4 rings (SSSR count). The molecule has 1 aromatic heterocycles. The van der Waals surface area contributed by atoms with E-state index in [2.05, 4.69) is 20.2 Å². The van der Waals surface area contributed by atoms with Crippen molar-refractivity contribution in [2.24, 2.45) is 5.92 Å². The summed E-state index contributed by atoms with van der Waals surface area (Å²) < 4.78 is 0. The molecule has 2 saturated heterocycles. The number of benzene rings is 1. The molecule has 0 bridgehead atoms. The van der Waals surface area contributed by atoms with Crippen molar-refractivity contribution in [1.82, 2.24) is 14.9 Å². The van der Waals surface area contributed by atoms with Crippen molar-refractivity contribution in [3.8, 4) is 0 Å². The summed E-state index contributed by atoms with van der Waals surface area (Å²) in [6, 6.07) is 5.58. The van der Waals surface area contributed by atoms with Crippen molar-refractivity contribution in [3.05, 3.63) is 47.9 Å². The standard InChI is InChI=1S/C22H27N5O2/c1-16-18(22(29)27-11-2-3-12-27)5-4-6-19(16)25-21(28)17-7-13-26(14-8-17)20-15-23-9-10-24-20/h4-6,9-10,15,17H,2-3,7-8,11-14H2,1H3,(H,25,28). The average molecular weight is 393 g/mol. The second-order valence-corrected chi connectivity index (χ2v) is 7.79. The van der Waals surface area contributed by atoms with E-state index in [0.717, 1.165) is 68.9 Å². The minimum atomic E-state index is -0.0414. The van der Waals surface area contributed by atoms with Crippen molar-refractivity contribution in [3.63, 3.8) is 0 Å². The Morgan fingerprint density at radius 1 is 1.07 bits per heavy atom. The Hall–Kier alpha value is -2.96. The van der Waals surface area contributed by atoms with Gasteiger partial charge < -0.3 is 15.1 Å². The highest BCUT2D eigenvalue weighted by molar-refractivity contribution is 6.00. The summed E-state index contributed by atoms with van der Waals surface area (Å²) in [6.07, 6.45) is 8.78. The summed E-state index contributed by atoms with van der Waals surface area (Å²) in [5, 5.41) is 3.06. The zero-order valence-electron chi connectivity index (χ0n) is 16.8. The van der Waals surface area contributed by atoms with Crippen molar-refractivity contribution < 1.29 is 9.59 Å². The molecule has 29 heavy (non-hydrogen) atoms. The maximum atomic E-state index is 12.8. The largest absolute Gasteiger partial charge is 0.355 e. The maximum absolute atomic E-state index is 12.8. The number of nitrogens with one attached hydrogen (secondary N) is 1. The van der Waals surface area contributed by atoms with Gasteiger partial charge in [0.1, 0.15) is 5.82 Å². The van der Waals surface area contributed by atoms with E-state index in [9.17, 15) is 9.59 Å². The Bertz CT molecular complexity index is 872. The smallest absolute Gasteiger partial charge is 0.254 e. The highest BCUT2D eigenvalue weighted by atomic mass is 16.2. The maximum Gasteiger partial charge on any atom is 0.254 e. The fourth-order valence-electron chi connectivity index (χ4n) is 4.15. The molecule has 2 aliphatic rings. The number of aromatic nitrogens is 2. The lowest BCUT2D eigenvalue weighted by molar-refractivity contribution is -0.120. The third-order valence-electron chi connectivity index (χ3n) is 5.95. The second kappa shape index (κ2) is 8.59. The molecule has 0 radical (unpaired) electrons. The van der Waals surface area contributed by atoms with Gasteiger partial charge in [-0.25, -0.2) is 4.98 Å². The molecule has 0 unspecified atom stereocenters. The van der Waals surface area contributed by atoms with Gasteiger partial charge in [-0.3, -0.25) is 14.6 Å². The summed E-state index contributed by atoms with van der Waals surface area (Å²) in [5.41, 5.74) is 2.26. The average Bonchev–Trinajstić information content (AvgIpc) is 3.30. The van der Waals surface area contributed by atoms with E-state index in [1.807, 2.05) is 30.0 Å².